The molecule has 0 atom stereocenters. The number of amides is 2. The molecule has 0 aliphatic rings. The first-order chi connectivity index (χ1) is 14.6. The third-order valence-corrected chi connectivity index (χ3v) is 5.61. The third-order valence-electron chi connectivity index (χ3n) is 4.54. The fraction of sp³-hybridized carbons (Fsp3) is 0.286. The molecule has 9 heteroatoms. The topological polar surface area (TPSA) is 93.0 Å². The van der Waals surface area contributed by atoms with E-state index in [0.717, 1.165) is 10.6 Å². The summed E-state index contributed by atoms with van der Waals surface area (Å²) in [6.45, 7) is 5.05. The number of hydrogen-bond donors (Lipinski definition) is 1. The Bertz CT molecular complexity index is 988. The number of rotatable bonds is 9. The number of aromatic nitrogens is 4. The summed E-state index contributed by atoms with van der Waals surface area (Å²) in [6.07, 6.45) is 0. The summed E-state index contributed by atoms with van der Waals surface area (Å²) >= 11 is 1.47. The van der Waals surface area contributed by atoms with Crippen molar-refractivity contribution >= 4 is 23.6 Å². The number of likely N-dealkylation sites (N-methyl/N-ethyl adjacent to an activating group) is 1. The standard InChI is InChI=1S/C21H24N6O2S/c1-3-26(4-2)20(28)14-22-21(29)17-12-8-9-13-18(17)30-15-19-23-24-25-27(19)16-10-6-5-7-11-16/h5-13H,3-4,14-15H2,1-2H3,(H,22,29). The maximum absolute atomic E-state index is 12.7. The average molecular weight is 425 g/mol. The van der Waals surface area contributed by atoms with Crippen LogP contribution in [-0.2, 0) is 10.5 Å². The highest BCUT2D eigenvalue weighted by Gasteiger charge is 2.16. The van der Waals surface area contributed by atoms with Crippen LogP contribution in [0.2, 0.25) is 0 Å². The molecule has 2 aromatic carbocycles. The molecule has 1 heterocycles. The number of tetrazole rings is 1. The van der Waals surface area contributed by atoms with Crippen molar-refractivity contribution in [1.29, 1.82) is 0 Å². The van der Waals surface area contributed by atoms with Gasteiger partial charge in [-0.25, -0.2) is 0 Å². The number of hydrogen-bond acceptors (Lipinski definition) is 6. The van der Waals surface area contributed by atoms with Gasteiger partial charge < -0.3 is 10.2 Å². The van der Waals surface area contributed by atoms with Crippen molar-refractivity contribution < 1.29 is 9.59 Å². The van der Waals surface area contributed by atoms with Crippen molar-refractivity contribution in [2.75, 3.05) is 19.6 Å². The predicted octanol–water partition coefficient (Wildman–Crippen LogP) is 2.55. The van der Waals surface area contributed by atoms with Gasteiger partial charge >= 0.3 is 0 Å². The normalized spacial score (nSPS) is 10.6. The first-order valence-corrected chi connectivity index (χ1v) is 10.7. The van der Waals surface area contributed by atoms with E-state index in [1.807, 2.05) is 56.3 Å². The van der Waals surface area contributed by atoms with E-state index in [1.54, 1.807) is 21.7 Å². The van der Waals surface area contributed by atoms with Crippen molar-refractivity contribution in [3.63, 3.8) is 0 Å². The van der Waals surface area contributed by atoms with Crippen LogP contribution in [0.25, 0.3) is 5.69 Å². The van der Waals surface area contributed by atoms with Crippen LogP contribution in [0.1, 0.15) is 30.0 Å². The molecule has 0 radical (unpaired) electrons. The van der Waals surface area contributed by atoms with Gasteiger partial charge in [-0.2, -0.15) is 4.68 Å². The maximum atomic E-state index is 12.7. The molecular weight excluding hydrogens is 400 g/mol. The second kappa shape index (κ2) is 10.5. The molecule has 0 bridgehead atoms. The highest BCUT2D eigenvalue weighted by Crippen LogP contribution is 2.26. The van der Waals surface area contributed by atoms with Crippen LogP contribution >= 0.6 is 11.8 Å². The molecule has 1 N–H and O–H groups in total. The van der Waals surface area contributed by atoms with Crippen LogP contribution in [0.4, 0.5) is 0 Å². The molecule has 3 rings (SSSR count). The Morgan fingerprint density at radius 2 is 1.73 bits per heavy atom. The molecule has 0 spiro atoms. The van der Waals surface area contributed by atoms with E-state index in [2.05, 4.69) is 20.8 Å². The summed E-state index contributed by atoms with van der Waals surface area (Å²) in [4.78, 5) is 27.3. The Hall–Kier alpha value is -3.20. The van der Waals surface area contributed by atoms with Crippen LogP contribution in [-0.4, -0.2) is 56.6 Å². The van der Waals surface area contributed by atoms with Crippen molar-refractivity contribution in [3.05, 3.63) is 66.0 Å². The van der Waals surface area contributed by atoms with Crippen LogP contribution in [0.3, 0.4) is 0 Å². The Balaban J connectivity index is 1.67. The lowest BCUT2D eigenvalue weighted by molar-refractivity contribution is -0.129. The predicted molar refractivity (Wildman–Crippen MR) is 115 cm³/mol. The Labute approximate surface area is 179 Å². The van der Waals surface area contributed by atoms with Gasteiger partial charge in [-0.15, -0.1) is 16.9 Å². The van der Waals surface area contributed by atoms with Gasteiger partial charge in [-0.3, -0.25) is 9.59 Å². The summed E-state index contributed by atoms with van der Waals surface area (Å²) in [7, 11) is 0. The molecule has 0 unspecified atom stereocenters. The molecule has 2 amide bonds. The molecule has 8 nitrogen and oxygen atoms in total. The van der Waals surface area contributed by atoms with Crippen molar-refractivity contribution in [1.82, 2.24) is 30.4 Å². The van der Waals surface area contributed by atoms with E-state index in [0.29, 0.717) is 30.2 Å². The van der Waals surface area contributed by atoms with Gasteiger partial charge in [0.15, 0.2) is 5.82 Å². The molecule has 0 saturated heterocycles. The quantitative estimate of drug-likeness (QED) is 0.531. The van der Waals surface area contributed by atoms with E-state index < -0.39 is 0 Å². The lowest BCUT2D eigenvalue weighted by Gasteiger charge is -2.19. The largest absolute Gasteiger partial charge is 0.343 e. The lowest BCUT2D eigenvalue weighted by Crippen LogP contribution is -2.40. The monoisotopic (exact) mass is 424 g/mol. The minimum Gasteiger partial charge on any atom is -0.343 e. The fourth-order valence-corrected chi connectivity index (χ4v) is 3.88. The van der Waals surface area contributed by atoms with E-state index in [-0.39, 0.29) is 18.4 Å². The zero-order valence-electron chi connectivity index (χ0n) is 17.0. The summed E-state index contributed by atoms with van der Waals surface area (Å²) in [5.74, 6) is 0.796. The van der Waals surface area contributed by atoms with E-state index in [9.17, 15) is 9.59 Å². The van der Waals surface area contributed by atoms with Crippen molar-refractivity contribution in [2.24, 2.45) is 0 Å². The smallest absolute Gasteiger partial charge is 0.252 e. The first-order valence-electron chi connectivity index (χ1n) is 9.74. The minimum absolute atomic E-state index is 0.0221. The minimum atomic E-state index is -0.277. The number of para-hydroxylation sites is 1. The summed E-state index contributed by atoms with van der Waals surface area (Å²) in [5.41, 5.74) is 1.40. The molecule has 1 aromatic heterocycles. The number of thioether (sulfide) groups is 1. The highest BCUT2D eigenvalue weighted by atomic mass is 32.2. The van der Waals surface area contributed by atoms with Gasteiger partial charge in [0.25, 0.3) is 5.91 Å². The highest BCUT2D eigenvalue weighted by molar-refractivity contribution is 7.98. The molecule has 30 heavy (non-hydrogen) atoms. The van der Waals surface area contributed by atoms with Crippen molar-refractivity contribution in [3.8, 4) is 5.69 Å². The third kappa shape index (κ3) is 5.24. The summed E-state index contributed by atoms with van der Waals surface area (Å²) in [5, 5.41) is 14.7. The van der Waals surface area contributed by atoms with Gasteiger partial charge in [0.05, 0.1) is 23.5 Å². The SMILES string of the molecule is CCN(CC)C(=O)CNC(=O)c1ccccc1SCc1nnnn1-c1ccccc1. The molecule has 0 saturated carbocycles. The van der Waals surface area contributed by atoms with Gasteiger partial charge in [0, 0.05) is 18.0 Å². The maximum Gasteiger partial charge on any atom is 0.252 e. The molecule has 0 aliphatic heterocycles. The molecular formula is C21H24N6O2S. The first kappa shape index (κ1) is 21.5. The van der Waals surface area contributed by atoms with E-state index >= 15 is 0 Å². The Morgan fingerprint density at radius 3 is 2.47 bits per heavy atom. The van der Waals surface area contributed by atoms with Gasteiger partial charge in [0.2, 0.25) is 5.91 Å². The van der Waals surface area contributed by atoms with E-state index in [1.165, 1.54) is 11.8 Å². The second-order valence-corrected chi connectivity index (χ2v) is 7.39. The summed E-state index contributed by atoms with van der Waals surface area (Å²) in [6, 6.07) is 16.9. The van der Waals surface area contributed by atoms with Crippen LogP contribution < -0.4 is 5.32 Å². The second-order valence-electron chi connectivity index (χ2n) is 6.38. The molecule has 3 aromatic rings. The van der Waals surface area contributed by atoms with Crippen LogP contribution in [0, 0.1) is 0 Å². The lowest BCUT2D eigenvalue weighted by atomic mass is 10.2. The molecule has 0 aliphatic carbocycles. The fourth-order valence-electron chi connectivity index (χ4n) is 2.93. The van der Waals surface area contributed by atoms with Crippen LogP contribution in [0.5, 0.6) is 0 Å². The number of carbonyl (C=O) groups is 2. The van der Waals surface area contributed by atoms with Gasteiger partial charge in [0.1, 0.15) is 0 Å². The van der Waals surface area contributed by atoms with E-state index in [4.69, 9.17) is 0 Å². The Kier molecular flexibility index (Phi) is 7.56. The summed E-state index contributed by atoms with van der Waals surface area (Å²) < 4.78 is 1.68. The van der Waals surface area contributed by atoms with Gasteiger partial charge in [-0.05, 0) is 48.5 Å². The Morgan fingerprint density at radius 1 is 1.03 bits per heavy atom. The van der Waals surface area contributed by atoms with Crippen LogP contribution in [0.15, 0.2) is 59.5 Å². The molecule has 156 valence electrons. The zero-order valence-corrected chi connectivity index (χ0v) is 17.8. The number of nitrogens with zero attached hydrogens (tertiary/aromatic N) is 5. The average Bonchev–Trinajstić information content (AvgIpc) is 3.26. The van der Waals surface area contributed by atoms with Gasteiger partial charge in [-0.1, -0.05) is 30.3 Å². The van der Waals surface area contributed by atoms with Crippen molar-refractivity contribution in [2.45, 2.75) is 24.5 Å². The number of nitrogens with one attached hydrogen (secondary N) is 1. The molecule has 0 fully saturated rings. The number of benzene rings is 2. The zero-order chi connectivity index (χ0) is 21.3. The number of carbonyl (C=O) groups excluding carboxylic acids is 2.